The van der Waals surface area contributed by atoms with E-state index >= 15 is 0 Å². The van der Waals surface area contributed by atoms with Gasteiger partial charge in [-0.15, -0.1) is 0 Å². The standard InChI is InChI=1S/C15H22N2O3/c1-15(2)9-17(3-4-20-15)7-11-5-13(16)6-12-8-18-10-19-14(11)12/h5-6H,3-4,7-10,16H2,1-2H3. The van der Waals surface area contributed by atoms with Crippen LogP contribution in [0.25, 0.3) is 0 Å². The number of morpholine rings is 1. The zero-order valence-electron chi connectivity index (χ0n) is 12.1. The molecule has 2 N–H and O–H groups in total. The molecule has 1 aromatic rings. The highest BCUT2D eigenvalue weighted by Crippen LogP contribution is 2.32. The van der Waals surface area contributed by atoms with Crippen molar-refractivity contribution < 1.29 is 14.2 Å². The van der Waals surface area contributed by atoms with E-state index in [9.17, 15) is 0 Å². The van der Waals surface area contributed by atoms with Gasteiger partial charge >= 0.3 is 0 Å². The summed E-state index contributed by atoms with van der Waals surface area (Å²) in [5.74, 6) is 0.940. The first kappa shape index (κ1) is 13.7. The van der Waals surface area contributed by atoms with Crippen LogP contribution in [0.5, 0.6) is 5.75 Å². The number of hydrogen-bond donors (Lipinski definition) is 1. The summed E-state index contributed by atoms with van der Waals surface area (Å²) in [6.45, 7) is 8.58. The first-order chi connectivity index (χ1) is 9.53. The highest BCUT2D eigenvalue weighted by atomic mass is 16.7. The molecule has 3 rings (SSSR count). The van der Waals surface area contributed by atoms with Crippen LogP contribution in [0.1, 0.15) is 25.0 Å². The van der Waals surface area contributed by atoms with E-state index in [4.69, 9.17) is 19.9 Å². The Morgan fingerprint density at radius 2 is 2.20 bits per heavy atom. The molecule has 2 aliphatic rings. The van der Waals surface area contributed by atoms with Crippen molar-refractivity contribution >= 4 is 5.69 Å². The Bertz CT molecular complexity index is 502. The molecule has 0 spiro atoms. The van der Waals surface area contributed by atoms with Gasteiger partial charge in [0, 0.05) is 36.4 Å². The van der Waals surface area contributed by atoms with Gasteiger partial charge in [0.2, 0.25) is 0 Å². The maximum atomic E-state index is 5.99. The van der Waals surface area contributed by atoms with Crippen molar-refractivity contribution in [3.05, 3.63) is 23.3 Å². The van der Waals surface area contributed by atoms with E-state index in [-0.39, 0.29) is 5.60 Å². The average Bonchev–Trinajstić information content (AvgIpc) is 2.37. The van der Waals surface area contributed by atoms with Crippen molar-refractivity contribution in [3.63, 3.8) is 0 Å². The SMILES string of the molecule is CC1(C)CN(Cc2cc(N)cc3c2OCOC3)CCO1. The summed E-state index contributed by atoms with van der Waals surface area (Å²) in [6.07, 6.45) is 0. The second kappa shape index (κ2) is 5.24. The molecule has 1 aromatic carbocycles. The Labute approximate surface area is 119 Å². The largest absolute Gasteiger partial charge is 0.467 e. The number of hydrogen-bond acceptors (Lipinski definition) is 5. The quantitative estimate of drug-likeness (QED) is 0.835. The van der Waals surface area contributed by atoms with E-state index < -0.39 is 0 Å². The number of nitrogen functional groups attached to an aromatic ring is 1. The van der Waals surface area contributed by atoms with E-state index in [0.717, 1.165) is 48.8 Å². The second-order valence-corrected chi connectivity index (χ2v) is 6.10. The lowest BCUT2D eigenvalue weighted by Crippen LogP contribution is -2.47. The number of nitrogens with zero attached hydrogens (tertiary/aromatic N) is 1. The molecule has 5 heteroatoms. The molecule has 0 radical (unpaired) electrons. The van der Waals surface area contributed by atoms with Gasteiger partial charge in [0.05, 0.1) is 18.8 Å². The Morgan fingerprint density at radius 1 is 1.35 bits per heavy atom. The van der Waals surface area contributed by atoms with Crippen LogP contribution < -0.4 is 10.5 Å². The Kier molecular flexibility index (Phi) is 3.58. The molecule has 0 aromatic heterocycles. The van der Waals surface area contributed by atoms with Gasteiger partial charge in [-0.3, -0.25) is 4.90 Å². The van der Waals surface area contributed by atoms with Crippen molar-refractivity contribution in [1.82, 2.24) is 4.90 Å². The third-order valence-electron chi connectivity index (χ3n) is 3.71. The van der Waals surface area contributed by atoms with Gasteiger partial charge in [0.1, 0.15) is 5.75 Å². The Hall–Kier alpha value is -1.30. The fraction of sp³-hybridized carbons (Fsp3) is 0.600. The number of benzene rings is 1. The van der Waals surface area contributed by atoms with E-state index in [0.29, 0.717) is 13.4 Å². The highest BCUT2D eigenvalue weighted by molar-refractivity contribution is 5.53. The molecule has 1 saturated heterocycles. The lowest BCUT2D eigenvalue weighted by atomic mass is 10.0. The van der Waals surface area contributed by atoms with Crippen LogP contribution in [0.2, 0.25) is 0 Å². The molecule has 20 heavy (non-hydrogen) atoms. The molecule has 0 amide bonds. The lowest BCUT2D eigenvalue weighted by molar-refractivity contribution is -0.0887. The third-order valence-corrected chi connectivity index (χ3v) is 3.71. The molecule has 1 fully saturated rings. The van der Waals surface area contributed by atoms with Crippen LogP contribution in [0, 0.1) is 0 Å². The summed E-state index contributed by atoms with van der Waals surface area (Å²) in [5, 5.41) is 0. The maximum Gasteiger partial charge on any atom is 0.189 e. The van der Waals surface area contributed by atoms with Crippen molar-refractivity contribution in [2.45, 2.75) is 32.6 Å². The monoisotopic (exact) mass is 278 g/mol. The van der Waals surface area contributed by atoms with Gasteiger partial charge in [-0.25, -0.2) is 0 Å². The summed E-state index contributed by atoms with van der Waals surface area (Å²) < 4.78 is 16.7. The number of rotatable bonds is 2. The van der Waals surface area contributed by atoms with E-state index in [2.05, 4.69) is 18.7 Å². The van der Waals surface area contributed by atoms with Gasteiger partial charge in [-0.2, -0.15) is 0 Å². The van der Waals surface area contributed by atoms with Gasteiger partial charge in [0.15, 0.2) is 6.79 Å². The summed E-state index contributed by atoms with van der Waals surface area (Å²) in [5.41, 5.74) is 8.84. The molecular formula is C15H22N2O3. The first-order valence-electron chi connectivity index (χ1n) is 7.02. The lowest BCUT2D eigenvalue weighted by Gasteiger charge is -2.38. The summed E-state index contributed by atoms with van der Waals surface area (Å²) >= 11 is 0. The summed E-state index contributed by atoms with van der Waals surface area (Å²) in [6, 6.07) is 3.94. The highest BCUT2D eigenvalue weighted by Gasteiger charge is 2.28. The zero-order chi connectivity index (χ0) is 14.2. The molecular weight excluding hydrogens is 256 g/mol. The van der Waals surface area contributed by atoms with E-state index in [1.54, 1.807) is 0 Å². The molecule has 0 atom stereocenters. The zero-order valence-corrected chi connectivity index (χ0v) is 12.1. The van der Waals surface area contributed by atoms with Crippen LogP contribution in [0.15, 0.2) is 12.1 Å². The summed E-state index contributed by atoms with van der Waals surface area (Å²) in [4.78, 5) is 2.39. The molecule has 0 unspecified atom stereocenters. The predicted octanol–water partition coefficient (Wildman–Crippen LogP) is 1.75. The van der Waals surface area contributed by atoms with Crippen molar-refractivity contribution in [1.29, 1.82) is 0 Å². The molecule has 0 aliphatic carbocycles. The number of anilines is 1. The first-order valence-corrected chi connectivity index (χ1v) is 7.02. The van der Waals surface area contributed by atoms with Crippen LogP contribution >= 0.6 is 0 Å². The molecule has 2 heterocycles. The van der Waals surface area contributed by atoms with Crippen LogP contribution in [0.4, 0.5) is 5.69 Å². The number of ether oxygens (including phenoxy) is 3. The van der Waals surface area contributed by atoms with E-state index in [1.807, 2.05) is 12.1 Å². The van der Waals surface area contributed by atoms with Crippen LogP contribution in [-0.2, 0) is 22.6 Å². The smallest absolute Gasteiger partial charge is 0.189 e. The van der Waals surface area contributed by atoms with Crippen molar-refractivity contribution in [2.75, 3.05) is 32.2 Å². The fourth-order valence-electron chi connectivity index (χ4n) is 2.93. The van der Waals surface area contributed by atoms with Crippen molar-refractivity contribution in [2.24, 2.45) is 0 Å². The molecule has 2 aliphatic heterocycles. The van der Waals surface area contributed by atoms with E-state index in [1.165, 1.54) is 0 Å². The molecule has 110 valence electrons. The third kappa shape index (κ3) is 2.90. The Morgan fingerprint density at radius 3 is 3.00 bits per heavy atom. The minimum absolute atomic E-state index is 0.0946. The van der Waals surface area contributed by atoms with Crippen LogP contribution in [-0.4, -0.2) is 37.0 Å². The predicted molar refractivity (Wildman–Crippen MR) is 76.4 cm³/mol. The average molecular weight is 278 g/mol. The minimum Gasteiger partial charge on any atom is -0.467 e. The summed E-state index contributed by atoms with van der Waals surface area (Å²) in [7, 11) is 0. The number of fused-ring (bicyclic) bond motifs is 1. The molecule has 0 bridgehead atoms. The van der Waals surface area contributed by atoms with Gasteiger partial charge in [-0.1, -0.05) is 0 Å². The molecule has 0 saturated carbocycles. The van der Waals surface area contributed by atoms with Gasteiger partial charge in [-0.05, 0) is 26.0 Å². The minimum atomic E-state index is -0.0946. The molecule has 5 nitrogen and oxygen atoms in total. The topological polar surface area (TPSA) is 57.0 Å². The second-order valence-electron chi connectivity index (χ2n) is 6.10. The number of nitrogens with two attached hydrogens (primary N) is 1. The Balaban J connectivity index is 1.81. The maximum absolute atomic E-state index is 5.99. The van der Waals surface area contributed by atoms with Crippen LogP contribution in [0.3, 0.4) is 0 Å². The fourth-order valence-corrected chi connectivity index (χ4v) is 2.93. The normalized spacial score (nSPS) is 22.1. The van der Waals surface area contributed by atoms with Gasteiger partial charge in [0.25, 0.3) is 0 Å². The van der Waals surface area contributed by atoms with Gasteiger partial charge < -0.3 is 19.9 Å². The van der Waals surface area contributed by atoms with Crippen molar-refractivity contribution in [3.8, 4) is 5.75 Å².